The van der Waals surface area contributed by atoms with Gasteiger partial charge in [-0.1, -0.05) is 114 Å². The normalized spacial score (nSPS) is 13.4. The molecular formula is C32H47NO5. The van der Waals surface area contributed by atoms with Gasteiger partial charge in [-0.15, -0.1) is 0 Å². The van der Waals surface area contributed by atoms with Gasteiger partial charge in [-0.05, 0) is 37.1 Å². The summed E-state index contributed by atoms with van der Waals surface area (Å²) in [6, 6.07) is 16.5. The molecule has 3 N–H and O–H groups in total. The lowest BCUT2D eigenvalue weighted by Crippen LogP contribution is -2.49. The minimum atomic E-state index is -0.965. The first kappa shape index (κ1) is 31.5. The van der Waals surface area contributed by atoms with Crippen molar-refractivity contribution in [1.82, 2.24) is 0 Å². The summed E-state index contributed by atoms with van der Waals surface area (Å²) < 4.78 is 11.6. The molecule has 2 aromatic carbocycles. The van der Waals surface area contributed by atoms with Gasteiger partial charge < -0.3 is 20.3 Å². The van der Waals surface area contributed by atoms with Crippen molar-refractivity contribution < 1.29 is 24.2 Å². The topological polar surface area (TPSA) is 98.9 Å². The number of nitrogens with two attached hydrogens (primary N) is 1. The van der Waals surface area contributed by atoms with Gasteiger partial charge in [-0.3, -0.25) is 0 Å². The van der Waals surface area contributed by atoms with E-state index in [1.807, 2.05) is 12.1 Å². The molecular weight excluding hydrogens is 478 g/mol. The van der Waals surface area contributed by atoms with Crippen LogP contribution in [0.2, 0.25) is 0 Å². The van der Waals surface area contributed by atoms with Gasteiger partial charge in [0.1, 0.15) is 6.10 Å². The van der Waals surface area contributed by atoms with Crippen LogP contribution in [0.1, 0.15) is 111 Å². The number of benzene rings is 2. The monoisotopic (exact) mass is 525 g/mol. The smallest absolute Gasteiger partial charge is 0.338 e. The number of hydrogen-bond acceptors (Lipinski definition) is 6. The molecule has 6 nitrogen and oxygen atoms in total. The van der Waals surface area contributed by atoms with Crippen molar-refractivity contribution in [2.24, 2.45) is 5.73 Å². The molecule has 210 valence electrons. The Bertz CT molecular complexity index is 889. The van der Waals surface area contributed by atoms with E-state index < -0.39 is 36.8 Å². The van der Waals surface area contributed by atoms with Crippen molar-refractivity contribution in [3.05, 3.63) is 71.8 Å². The summed E-state index contributed by atoms with van der Waals surface area (Å²) in [5.41, 5.74) is 6.97. The third-order valence-electron chi connectivity index (χ3n) is 6.86. The molecule has 0 bridgehead atoms. The second-order valence-electron chi connectivity index (χ2n) is 10.1. The molecule has 0 aliphatic heterocycles. The van der Waals surface area contributed by atoms with Crippen molar-refractivity contribution in [2.75, 3.05) is 6.61 Å². The van der Waals surface area contributed by atoms with Gasteiger partial charge in [0.15, 0.2) is 6.10 Å². The standard InChI is InChI=1S/C32H47NO5/c1-2-3-4-5-6-7-8-9-10-11-12-19-24-29(37-31(35)26-20-15-13-16-21-26)30(28(33)25-34)38-32(36)27-22-17-14-18-23-27/h13-18,20-23,28-30,34H,2-12,19,24-25,33H2,1H3/t28-,29+,30-/m0/s1. The molecule has 0 aliphatic carbocycles. The summed E-state index contributed by atoms with van der Waals surface area (Å²) in [6.07, 6.45) is 13.4. The van der Waals surface area contributed by atoms with Crippen molar-refractivity contribution >= 4 is 11.9 Å². The lowest BCUT2D eigenvalue weighted by Gasteiger charge is -2.30. The molecule has 0 fully saturated rings. The van der Waals surface area contributed by atoms with Crippen LogP contribution in [-0.2, 0) is 9.47 Å². The van der Waals surface area contributed by atoms with Crippen LogP contribution < -0.4 is 5.73 Å². The Morgan fingerprint density at radius 3 is 1.55 bits per heavy atom. The maximum absolute atomic E-state index is 12.9. The molecule has 0 spiro atoms. The number of carbonyl (C=O) groups excluding carboxylic acids is 2. The van der Waals surface area contributed by atoms with Crippen LogP contribution in [0.4, 0.5) is 0 Å². The van der Waals surface area contributed by atoms with Crippen molar-refractivity contribution in [2.45, 2.75) is 109 Å². The molecule has 0 saturated carbocycles. The fourth-order valence-electron chi connectivity index (χ4n) is 4.57. The highest BCUT2D eigenvalue weighted by Gasteiger charge is 2.34. The van der Waals surface area contributed by atoms with E-state index in [1.165, 1.54) is 57.8 Å². The maximum atomic E-state index is 12.9. The highest BCUT2D eigenvalue weighted by atomic mass is 16.6. The van der Waals surface area contributed by atoms with Gasteiger partial charge in [0, 0.05) is 0 Å². The number of hydrogen-bond donors (Lipinski definition) is 2. The molecule has 2 aromatic rings. The Morgan fingerprint density at radius 2 is 1.11 bits per heavy atom. The van der Waals surface area contributed by atoms with E-state index in [0.717, 1.165) is 19.3 Å². The van der Waals surface area contributed by atoms with Crippen LogP contribution >= 0.6 is 0 Å². The number of aliphatic hydroxyl groups excluding tert-OH is 1. The predicted octanol–water partition coefficient (Wildman–Crippen LogP) is 6.85. The van der Waals surface area contributed by atoms with E-state index in [4.69, 9.17) is 15.2 Å². The van der Waals surface area contributed by atoms with E-state index in [9.17, 15) is 14.7 Å². The predicted molar refractivity (Wildman–Crippen MR) is 152 cm³/mol. The van der Waals surface area contributed by atoms with Crippen LogP contribution in [0.25, 0.3) is 0 Å². The second kappa shape index (κ2) is 19.4. The number of unbranched alkanes of at least 4 members (excludes halogenated alkanes) is 11. The SMILES string of the molecule is CCCCCCCCCCCCCC[C@@H](OC(=O)c1ccccc1)[C@@H](OC(=O)c1ccccc1)[C@@H](N)CO. The van der Waals surface area contributed by atoms with Crippen LogP contribution in [0.15, 0.2) is 60.7 Å². The quantitative estimate of drug-likeness (QED) is 0.145. The zero-order valence-electron chi connectivity index (χ0n) is 23.1. The van der Waals surface area contributed by atoms with Crippen LogP contribution in [0.3, 0.4) is 0 Å². The molecule has 2 rings (SSSR count). The van der Waals surface area contributed by atoms with Crippen molar-refractivity contribution in [3.63, 3.8) is 0 Å². The van der Waals surface area contributed by atoms with E-state index in [-0.39, 0.29) is 0 Å². The van der Waals surface area contributed by atoms with Crippen molar-refractivity contribution in [3.8, 4) is 0 Å². The van der Waals surface area contributed by atoms with Gasteiger partial charge >= 0.3 is 11.9 Å². The maximum Gasteiger partial charge on any atom is 0.338 e. The Balaban J connectivity index is 1.92. The summed E-state index contributed by atoms with van der Waals surface area (Å²) in [6.45, 7) is 1.85. The van der Waals surface area contributed by atoms with Gasteiger partial charge in [-0.2, -0.15) is 0 Å². The molecule has 0 aromatic heterocycles. The fourth-order valence-corrected chi connectivity index (χ4v) is 4.57. The van der Waals surface area contributed by atoms with E-state index in [2.05, 4.69) is 6.92 Å². The average molecular weight is 526 g/mol. The second-order valence-corrected chi connectivity index (χ2v) is 10.1. The summed E-state index contributed by atoms with van der Waals surface area (Å²) in [5.74, 6) is -1.06. The highest BCUT2D eigenvalue weighted by Crippen LogP contribution is 2.20. The van der Waals surface area contributed by atoms with Crippen molar-refractivity contribution in [1.29, 1.82) is 0 Å². The molecule has 0 heterocycles. The summed E-state index contributed by atoms with van der Waals surface area (Å²) in [4.78, 5) is 25.7. The number of ether oxygens (including phenoxy) is 2. The van der Waals surface area contributed by atoms with E-state index in [1.54, 1.807) is 48.5 Å². The number of carbonyl (C=O) groups is 2. The lowest BCUT2D eigenvalue weighted by molar-refractivity contribution is -0.0525. The molecule has 0 unspecified atom stereocenters. The first-order valence-corrected chi connectivity index (χ1v) is 14.4. The third-order valence-corrected chi connectivity index (χ3v) is 6.86. The first-order valence-electron chi connectivity index (χ1n) is 14.4. The van der Waals surface area contributed by atoms with E-state index >= 15 is 0 Å². The van der Waals surface area contributed by atoms with Gasteiger partial charge in [0.25, 0.3) is 0 Å². The van der Waals surface area contributed by atoms with Crippen LogP contribution in [0.5, 0.6) is 0 Å². The largest absolute Gasteiger partial charge is 0.455 e. The zero-order chi connectivity index (χ0) is 27.4. The van der Waals surface area contributed by atoms with E-state index in [0.29, 0.717) is 17.5 Å². The molecule has 3 atom stereocenters. The zero-order valence-corrected chi connectivity index (χ0v) is 23.1. The van der Waals surface area contributed by atoms with Gasteiger partial charge in [0.05, 0.1) is 23.8 Å². The molecule has 0 amide bonds. The minimum Gasteiger partial charge on any atom is -0.455 e. The molecule has 6 heteroatoms. The summed E-state index contributed by atoms with van der Waals surface area (Å²) in [5, 5.41) is 9.80. The number of esters is 2. The van der Waals surface area contributed by atoms with Gasteiger partial charge in [-0.25, -0.2) is 9.59 Å². The first-order chi connectivity index (χ1) is 18.6. The molecule has 0 saturated heterocycles. The third kappa shape index (κ3) is 12.2. The summed E-state index contributed by atoms with van der Waals surface area (Å²) >= 11 is 0. The Labute approximate surface area is 228 Å². The molecule has 38 heavy (non-hydrogen) atoms. The molecule has 0 radical (unpaired) electrons. The average Bonchev–Trinajstić information content (AvgIpc) is 2.96. The lowest BCUT2D eigenvalue weighted by atomic mass is 9.99. The highest BCUT2D eigenvalue weighted by molar-refractivity contribution is 5.90. The summed E-state index contributed by atoms with van der Waals surface area (Å²) in [7, 11) is 0. The molecule has 0 aliphatic rings. The van der Waals surface area contributed by atoms with Crippen LogP contribution in [0, 0.1) is 0 Å². The Kier molecular flexibility index (Phi) is 16.1. The van der Waals surface area contributed by atoms with Crippen LogP contribution in [-0.4, -0.2) is 41.9 Å². The number of rotatable bonds is 20. The minimum absolute atomic E-state index is 0.376. The Hall–Kier alpha value is -2.70. The van der Waals surface area contributed by atoms with Gasteiger partial charge in [0.2, 0.25) is 0 Å². The fraction of sp³-hybridized carbons (Fsp3) is 0.562. The Morgan fingerprint density at radius 1 is 0.684 bits per heavy atom. The number of aliphatic hydroxyl groups is 1.